The van der Waals surface area contributed by atoms with Gasteiger partial charge in [-0.3, -0.25) is 4.90 Å². The van der Waals surface area contributed by atoms with Crippen molar-refractivity contribution in [2.75, 3.05) is 37.7 Å². The molecule has 17 heavy (non-hydrogen) atoms. The molecule has 3 fully saturated rings. The molecule has 3 atom stereocenters. The van der Waals surface area contributed by atoms with Crippen LogP contribution in [0.3, 0.4) is 0 Å². The highest BCUT2D eigenvalue weighted by molar-refractivity contribution is 7.99. The number of nitrogens with zero attached hydrogens (tertiary/aromatic N) is 1. The fourth-order valence-corrected chi connectivity index (χ4v) is 4.93. The molecule has 0 aliphatic carbocycles. The van der Waals surface area contributed by atoms with Gasteiger partial charge in [-0.2, -0.15) is 11.8 Å². The molecule has 0 saturated carbocycles. The van der Waals surface area contributed by atoms with Crippen molar-refractivity contribution >= 4 is 11.8 Å². The summed E-state index contributed by atoms with van der Waals surface area (Å²) in [6, 6.07) is 1.46. The molecule has 3 saturated heterocycles. The van der Waals surface area contributed by atoms with Gasteiger partial charge >= 0.3 is 0 Å². The van der Waals surface area contributed by atoms with E-state index in [2.05, 4.69) is 28.9 Å². The van der Waals surface area contributed by atoms with Crippen LogP contribution in [-0.4, -0.2) is 60.3 Å². The second-order valence-electron chi connectivity index (χ2n) is 5.77. The summed E-state index contributed by atoms with van der Waals surface area (Å²) in [4.78, 5) is 2.73. The van der Waals surface area contributed by atoms with E-state index in [0.29, 0.717) is 6.04 Å². The molecular formula is C13H24N2OS. The summed E-state index contributed by atoms with van der Waals surface area (Å²) in [5, 5.41) is 3.49. The Bertz CT molecular complexity index is 268. The molecule has 0 radical (unpaired) electrons. The Labute approximate surface area is 109 Å². The van der Waals surface area contributed by atoms with Crippen LogP contribution in [0.25, 0.3) is 0 Å². The van der Waals surface area contributed by atoms with Crippen molar-refractivity contribution < 1.29 is 4.74 Å². The van der Waals surface area contributed by atoms with Crippen LogP contribution in [0.1, 0.15) is 26.2 Å². The predicted octanol–water partition coefficient (Wildman–Crippen LogP) is 1.33. The molecule has 98 valence electrons. The number of ether oxygens (including phenoxy) is 1. The van der Waals surface area contributed by atoms with Gasteiger partial charge in [0.05, 0.1) is 5.60 Å². The average molecular weight is 256 g/mol. The minimum atomic E-state index is 0.234. The lowest BCUT2D eigenvalue weighted by atomic mass is 9.88. The molecule has 0 bridgehead atoms. The fourth-order valence-electron chi connectivity index (χ4n) is 3.55. The van der Waals surface area contributed by atoms with Crippen LogP contribution in [0.5, 0.6) is 0 Å². The zero-order chi connectivity index (χ0) is 11.7. The second kappa shape index (κ2) is 5.08. The lowest BCUT2D eigenvalue weighted by molar-refractivity contribution is -0.0961. The van der Waals surface area contributed by atoms with Crippen molar-refractivity contribution in [2.24, 2.45) is 0 Å². The monoisotopic (exact) mass is 256 g/mol. The summed E-state index contributed by atoms with van der Waals surface area (Å²) in [7, 11) is 0. The van der Waals surface area contributed by atoms with Crippen LogP contribution in [0.2, 0.25) is 0 Å². The van der Waals surface area contributed by atoms with Crippen molar-refractivity contribution in [1.82, 2.24) is 10.2 Å². The summed E-state index contributed by atoms with van der Waals surface area (Å²) in [5.41, 5.74) is 0.234. The largest absolute Gasteiger partial charge is 0.374 e. The van der Waals surface area contributed by atoms with Gasteiger partial charge in [-0.1, -0.05) is 0 Å². The van der Waals surface area contributed by atoms with Crippen molar-refractivity contribution in [1.29, 1.82) is 0 Å². The number of nitrogens with one attached hydrogen (secondary N) is 1. The molecule has 1 spiro atoms. The molecule has 4 heteroatoms. The van der Waals surface area contributed by atoms with E-state index in [4.69, 9.17) is 4.74 Å². The fraction of sp³-hybridized carbons (Fsp3) is 1.00. The van der Waals surface area contributed by atoms with Crippen molar-refractivity contribution in [3.05, 3.63) is 0 Å². The first-order valence-corrected chi connectivity index (χ1v) is 8.13. The molecule has 0 aromatic rings. The average Bonchev–Trinajstić information content (AvgIpc) is 2.78. The van der Waals surface area contributed by atoms with Gasteiger partial charge in [-0.15, -0.1) is 0 Å². The Balaban J connectivity index is 1.66. The number of hydrogen-bond acceptors (Lipinski definition) is 4. The first-order chi connectivity index (χ1) is 8.29. The molecule has 3 nitrogen and oxygen atoms in total. The molecule has 0 aromatic heterocycles. The van der Waals surface area contributed by atoms with E-state index in [1.165, 1.54) is 37.3 Å². The van der Waals surface area contributed by atoms with Gasteiger partial charge in [0.2, 0.25) is 0 Å². The predicted molar refractivity (Wildman–Crippen MR) is 72.7 cm³/mol. The Morgan fingerprint density at radius 2 is 2.41 bits per heavy atom. The highest BCUT2D eigenvalue weighted by Crippen LogP contribution is 2.39. The first-order valence-electron chi connectivity index (χ1n) is 6.97. The van der Waals surface area contributed by atoms with Gasteiger partial charge in [-0.25, -0.2) is 0 Å². The Morgan fingerprint density at radius 1 is 1.47 bits per heavy atom. The van der Waals surface area contributed by atoms with Gasteiger partial charge in [-0.05, 0) is 31.9 Å². The topological polar surface area (TPSA) is 24.5 Å². The first kappa shape index (κ1) is 12.3. The molecule has 0 amide bonds. The third-order valence-electron chi connectivity index (χ3n) is 4.56. The van der Waals surface area contributed by atoms with Crippen LogP contribution in [0, 0.1) is 0 Å². The van der Waals surface area contributed by atoms with Crippen LogP contribution < -0.4 is 5.32 Å². The molecule has 0 aromatic carbocycles. The molecule has 3 heterocycles. The van der Waals surface area contributed by atoms with E-state index in [1.807, 2.05) is 0 Å². The van der Waals surface area contributed by atoms with Crippen LogP contribution >= 0.6 is 11.8 Å². The highest BCUT2D eigenvalue weighted by atomic mass is 32.2. The highest BCUT2D eigenvalue weighted by Gasteiger charge is 2.42. The zero-order valence-electron chi connectivity index (χ0n) is 10.8. The number of rotatable bonds is 1. The molecular weight excluding hydrogens is 232 g/mol. The maximum Gasteiger partial charge on any atom is 0.0795 e. The van der Waals surface area contributed by atoms with E-state index in [1.54, 1.807) is 0 Å². The molecule has 3 aliphatic rings. The third-order valence-corrected chi connectivity index (χ3v) is 5.78. The lowest BCUT2D eigenvalue weighted by Crippen LogP contribution is -2.57. The SMILES string of the molecule is C[C@H]1CNCCN1C1CCOC2(CCSC2)C1. The standard InChI is InChI=1S/C13H24N2OS/c1-11-9-14-4-5-15(11)12-2-6-16-13(8-12)3-7-17-10-13/h11-12,14H,2-10H2,1H3/t11-,12?,13?/m0/s1. The van der Waals surface area contributed by atoms with Gasteiger partial charge in [0, 0.05) is 44.1 Å². The minimum Gasteiger partial charge on any atom is -0.374 e. The summed E-state index contributed by atoms with van der Waals surface area (Å²) >= 11 is 2.07. The Kier molecular flexibility index (Phi) is 3.67. The number of thioether (sulfide) groups is 1. The minimum absolute atomic E-state index is 0.234. The van der Waals surface area contributed by atoms with Crippen molar-refractivity contribution in [3.63, 3.8) is 0 Å². The second-order valence-corrected chi connectivity index (χ2v) is 6.88. The van der Waals surface area contributed by atoms with E-state index in [0.717, 1.165) is 25.7 Å². The van der Waals surface area contributed by atoms with E-state index < -0.39 is 0 Å². The van der Waals surface area contributed by atoms with Gasteiger partial charge in [0.25, 0.3) is 0 Å². The van der Waals surface area contributed by atoms with Crippen molar-refractivity contribution in [2.45, 2.75) is 43.9 Å². The van der Waals surface area contributed by atoms with Gasteiger partial charge in [0.1, 0.15) is 0 Å². The van der Waals surface area contributed by atoms with Gasteiger partial charge < -0.3 is 10.1 Å². The summed E-state index contributed by atoms with van der Waals surface area (Å²) in [5.74, 6) is 2.52. The maximum absolute atomic E-state index is 6.12. The van der Waals surface area contributed by atoms with Gasteiger partial charge in [0.15, 0.2) is 0 Å². The molecule has 1 N–H and O–H groups in total. The smallest absolute Gasteiger partial charge is 0.0795 e. The Morgan fingerprint density at radius 3 is 3.18 bits per heavy atom. The van der Waals surface area contributed by atoms with E-state index in [-0.39, 0.29) is 5.60 Å². The molecule has 2 unspecified atom stereocenters. The van der Waals surface area contributed by atoms with Crippen LogP contribution in [-0.2, 0) is 4.74 Å². The maximum atomic E-state index is 6.12. The third kappa shape index (κ3) is 2.50. The van der Waals surface area contributed by atoms with Crippen LogP contribution in [0.4, 0.5) is 0 Å². The zero-order valence-corrected chi connectivity index (χ0v) is 11.6. The summed E-state index contributed by atoms with van der Waals surface area (Å²) in [6.45, 7) is 6.86. The normalized spacial score (nSPS) is 44.3. The quantitative estimate of drug-likeness (QED) is 0.765. The lowest BCUT2D eigenvalue weighted by Gasteiger charge is -2.46. The van der Waals surface area contributed by atoms with Crippen molar-refractivity contribution in [3.8, 4) is 0 Å². The molecule has 3 rings (SSSR count). The van der Waals surface area contributed by atoms with E-state index >= 15 is 0 Å². The summed E-state index contributed by atoms with van der Waals surface area (Å²) in [6.07, 6.45) is 3.77. The summed E-state index contributed by atoms with van der Waals surface area (Å²) < 4.78 is 6.12. The number of hydrogen-bond donors (Lipinski definition) is 1. The molecule has 3 aliphatic heterocycles. The van der Waals surface area contributed by atoms with Crippen LogP contribution in [0.15, 0.2) is 0 Å². The van der Waals surface area contributed by atoms with E-state index in [9.17, 15) is 0 Å². The Hall–Kier alpha value is 0.230. The number of piperazine rings is 1.